The number of aromatic nitrogens is 1. The highest BCUT2D eigenvalue weighted by Gasteiger charge is 2.16. The van der Waals surface area contributed by atoms with Gasteiger partial charge in [-0.1, -0.05) is 0 Å². The molecule has 0 saturated heterocycles. The number of rotatable bonds is 6. The maximum Gasteiger partial charge on any atom is 0.292 e. The summed E-state index contributed by atoms with van der Waals surface area (Å²) in [6.07, 6.45) is 3.27. The van der Waals surface area contributed by atoms with Crippen molar-refractivity contribution in [3.05, 3.63) is 68.5 Å². The first-order valence-electron chi connectivity index (χ1n) is 8.24. The minimum Gasteiger partial charge on any atom is -0.497 e. The van der Waals surface area contributed by atoms with Gasteiger partial charge in [-0.05, 0) is 57.0 Å². The van der Waals surface area contributed by atoms with E-state index in [1.54, 1.807) is 45.3 Å². The highest BCUT2D eigenvalue weighted by Crippen LogP contribution is 2.31. The Hall–Kier alpha value is -3.09. The van der Waals surface area contributed by atoms with E-state index in [1.165, 1.54) is 16.9 Å². The third-order valence-corrected chi connectivity index (χ3v) is 3.74. The van der Waals surface area contributed by atoms with Crippen LogP contribution in [0.1, 0.15) is 26.3 Å². The van der Waals surface area contributed by atoms with Gasteiger partial charge in [0.1, 0.15) is 11.9 Å². The quantitative estimate of drug-likeness (QED) is 0.480. The summed E-state index contributed by atoms with van der Waals surface area (Å²) < 4.78 is 6.90. The number of nitro groups is 1. The minimum atomic E-state index is -0.436. The van der Waals surface area contributed by atoms with E-state index in [-0.39, 0.29) is 17.4 Å². The van der Waals surface area contributed by atoms with E-state index in [9.17, 15) is 14.9 Å². The molecule has 0 amide bonds. The van der Waals surface area contributed by atoms with Crippen LogP contribution in [0.25, 0.3) is 11.1 Å². The molecule has 0 aliphatic rings. The summed E-state index contributed by atoms with van der Waals surface area (Å²) in [5.74, 6) is 0. The van der Waals surface area contributed by atoms with Gasteiger partial charge in [-0.25, -0.2) is 0 Å². The normalized spacial score (nSPS) is 11.5. The number of ether oxygens (including phenoxy) is 1. The van der Waals surface area contributed by atoms with E-state index in [4.69, 9.17) is 4.74 Å². The van der Waals surface area contributed by atoms with Gasteiger partial charge in [-0.2, -0.15) is 0 Å². The fourth-order valence-corrected chi connectivity index (χ4v) is 2.49. The number of benzene rings is 1. The van der Waals surface area contributed by atoms with E-state index >= 15 is 0 Å². The van der Waals surface area contributed by atoms with E-state index in [0.29, 0.717) is 16.9 Å². The molecular weight excluding hydrogens is 334 g/mol. The molecule has 138 valence electrons. The van der Waals surface area contributed by atoms with Crippen LogP contribution in [0.4, 0.5) is 11.4 Å². The number of hydrogen-bond acceptors (Lipinski definition) is 5. The monoisotopic (exact) mass is 357 g/mol. The van der Waals surface area contributed by atoms with Gasteiger partial charge >= 0.3 is 0 Å². The first kappa shape index (κ1) is 19.2. The van der Waals surface area contributed by atoms with Crippen molar-refractivity contribution in [3.63, 3.8) is 0 Å². The molecule has 2 rings (SSSR count). The standard InChI is InChI=1S/C19H23N3O4/c1-12(2)26-11-14(4)20-17-9-15(6-7-18(17)22(24)25)16-8-13(3)19(23)21(5)10-16/h6-12,20H,1-5H3/b14-11+. The molecule has 0 bridgehead atoms. The van der Waals surface area contributed by atoms with Crippen molar-refractivity contribution < 1.29 is 9.66 Å². The first-order chi connectivity index (χ1) is 12.2. The molecule has 0 unspecified atom stereocenters. The van der Waals surface area contributed by atoms with Crippen LogP contribution in [0, 0.1) is 17.0 Å². The van der Waals surface area contributed by atoms with Gasteiger partial charge in [0.25, 0.3) is 11.2 Å². The molecule has 2 aromatic rings. The maximum absolute atomic E-state index is 11.9. The minimum absolute atomic E-state index is 0.0154. The van der Waals surface area contributed by atoms with Crippen molar-refractivity contribution in [2.75, 3.05) is 5.32 Å². The fraction of sp³-hybridized carbons (Fsp3) is 0.316. The van der Waals surface area contributed by atoms with E-state index in [0.717, 1.165) is 11.1 Å². The summed E-state index contributed by atoms with van der Waals surface area (Å²) >= 11 is 0. The molecule has 1 aromatic heterocycles. The summed E-state index contributed by atoms with van der Waals surface area (Å²) in [4.78, 5) is 22.8. The molecule has 0 radical (unpaired) electrons. The maximum atomic E-state index is 11.9. The smallest absolute Gasteiger partial charge is 0.292 e. The van der Waals surface area contributed by atoms with Gasteiger partial charge in [0.15, 0.2) is 0 Å². The second kappa shape index (κ2) is 7.86. The van der Waals surface area contributed by atoms with Gasteiger partial charge in [0.05, 0.1) is 11.0 Å². The number of aryl methyl sites for hydroxylation is 2. The van der Waals surface area contributed by atoms with Crippen LogP contribution >= 0.6 is 0 Å². The second-order valence-electron chi connectivity index (χ2n) is 6.43. The lowest BCUT2D eigenvalue weighted by atomic mass is 10.0. The zero-order valence-corrected chi connectivity index (χ0v) is 15.6. The van der Waals surface area contributed by atoms with Crippen molar-refractivity contribution in [1.82, 2.24) is 4.57 Å². The van der Waals surface area contributed by atoms with Crippen molar-refractivity contribution in [2.45, 2.75) is 33.8 Å². The number of allylic oxidation sites excluding steroid dienone is 1. The summed E-state index contributed by atoms with van der Waals surface area (Å²) in [6.45, 7) is 7.31. The molecule has 7 nitrogen and oxygen atoms in total. The zero-order chi connectivity index (χ0) is 19.4. The number of nitrogens with one attached hydrogen (secondary N) is 1. The zero-order valence-electron chi connectivity index (χ0n) is 15.6. The molecular formula is C19H23N3O4. The molecule has 0 saturated carbocycles. The Morgan fingerprint density at radius 1 is 1.31 bits per heavy atom. The average molecular weight is 357 g/mol. The van der Waals surface area contributed by atoms with Crippen LogP contribution in [0.3, 0.4) is 0 Å². The predicted octanol–water partition coefficient (Wildman–Crippen LogP) is 3.97. The molecule has 1 heterocycles. The number of anilines is 1. The molecule has 7 heteroatoms. The van der Waals surface area contributed by atoms with Crippen LogP contribution in [0.5, 0.6) is 0 Å². The topological polar surface area (TPSA) is 86.4 Å². The molecule has 0 atom stereocenters. The Kier molecular flexibility index (Phi) is 5.82. The van der Waals surface area contributed by atoms with Crippen LogP contribution in [-0.4, -0.2) is 15.6 Å². The average Bonchev–Trinajstić information content (AvgIpc) is 2.57. The highest BCUT2D eigenvalue weighted by molar-refractivity contribution is 5.75. The lowest BCUT2D eigenvalue weighted by Crippen LogP contribution is -2.18. The molecule has 0 aliphatic carbocycles. The van der Waals surface area contributed by atoms with Crippen molar-refractivity contribution in [3.8, 4) is 11.1 Å². The fourth-order valence-electron chi connectivity index (χ4n) is 2.49. The van der Waals surface area contributed by atoms with E-state index in [2.05, 4.69) is 5.32 Å². The summed E-state index contributed by atoms with van der Waals surface area (Å²) in [5.41, 5.74) is 3.10. The third-order valence-electron chi connectivity index (χ3n) is 3.74. The van der Waals surface area contributed by atoms with Crippen LogP contribution in [-0.2, 0) is 11.8 Å². The van der Waals surface area contributed by atoms with Gasteiger partial charge in [-0.3, -0.25) is 14.9 Å². The highest BCUT2D eigenvalue weighted by atomic mass is 16.6. The van der Waals surface area contributed by atoms with Gasteiger partial charge in [0, 0.05) is 30.6 Å². The molecule has 26 heavy (non-hydrogen) atoms. The van der Waals surface area contributed by atoms with Gasteiger partial charge in [-0.15, -0.1) is 0 Å². The number of hydrogen-bond donors (Lipinski definition) is 1. The summed E-state index contributed by atoms with van der Waals surface area (Å²) in [6, 6.07) is 6.60. The van der Waals surface area contributed by atoms with Gasteiger partial charge < -0.3 is 14.6 Å². The van der Waals surface area contributed by atoms with Crippen LogP contribution in [0.15, 0.2) is 47.2 Å². The van der Waals surface area contributed by atoms with Crippen molar-refractivity contribution in [1.29, 1.82) is 0 Å². The third kappa shape index (κ3) is 4.50. The van der Waals surface area contributed by atoms with Crippen LogP contribution < -0.4 is 10.9 Å². The molecule has 0 aliphatic heterocycles. The molecule has 1 aromatic carbocycles. The van der Waals surface area contributed by atoms with Gasteiger partial charge in [0.2, 0.25) is 0 Å². The lowest BCUT2D eigenvalue weighted by molar-refractivity contribution is -0.383. The first-order valence-corrected chi connectivity index (χ1v) is 8.24. The molecule has 0 fully saturated rings. The van der Waals surface area contributed by atoms with Crippen molar-refractivity contribution in [2.24, 2.45) is 7.05 Å². The van der Waals surface area contributed by atoms with Crippen LogP contribution in [0.2, 0.25) is 0 Å². The predicted molar refractivity (Wildman–Crippen MR) is 102 cm³/mol. The van der Waals surface area contributed by atoms with Crippen molar-refractivity contribution >= 4 is 11.4 Å². The largest absolute Gasteiger partial charge is 0.497 e. The SMILES string of the molecule is C/C(=C\OC(C)C)Nc1cc(-c2cc(C)c(=O)n(C)c2)ccc1[N+](=O)[O-]. The Morgan fingerprint density at radius 3 is 2.58 bits per heavy atom. The summed E-state index contributed by atoms with van der Waals surface area (Å²) in [5, 5.41) is 14.4. The number of nitro benzene ring substituents is 1. The Morgan fingerprint density at radius 2 is 2.00 bits per heavy atom. The van der Waals surface area contributed by atoms with E-state index in [1.807, 2.05) is 13.8 Å². The van der Waals surface area contributed by atoms with E-state index < -0.39 is 4.92 Å². The Labute approximate surface area is 152 Å². The molecule has 0 spiro atoms. The Bertz CT molecular complexity index is 887. The lowest BCUT2D eigenvalue weighted by Gasteiger charge is -2.12. The number of pyridine rings is 1. The Balaban J connectivity index is 2.47. The molecule has 1 N–H and O–H groups in total. The number of nitrogens with zero attached hydrogens (tertiary/aromatic N) is 2. The second-order valence-corrected chi connectivity index (χ2v) is 6.43. The summed E-state index contributed by atoms with van der Waals surface area (Å²) in [7, 11) is 1.68.